The molecule has 2 heterocycles. The molecule has 0 fully saturated rings. The van der Waals surface area contributed by atoms with Crippen molar-refractivity contribution in [2.45, 2.75) is 0 Å². The summed E-state index contributed by atoms with van der Waals surface area (Å²) in [5, 5.41) is 15.2. The Morgan fingerprint density at radius 3 is 2.36 bits per heavy atom. The molecule has 4 heteroatoms. The van der Waals surface area contributed by atoms with E-state index in [0.717, 1.165) is 44.2 Å². The maximum Gasteiger partial charge on any atom is 0.115 e. The van der Waals surface area contributed by atoms with E-state index in [-0.39, 0.29) is 5.75 Å². The third-order valence-corrected chi connectivity index (χ3v) is 4.47. The second-order valence-electron chi connectivity index (χ2n) is 6.07. The second-order valence-corrected chi connectivity index (χ2v) is 6.07. The molecule has 120 valence electrons. The number of aromatic amines is 1. The van der Waals surface area contributed by atoms with Gasteiger partial charge >= 0.3 is 0 Å². The first-order valence-electron chi connectivity index (χ1n) is 8.15. The first-order valence-corrected chi connectivity index (χ1v) is 8.15. The van der Waals surface area contributed by atoms with Crippen LogP contribution >= 0.6 is 0 Å². The predicted octanol–water partition coefficient (Wildman–Crippen LogP) is 5.32. The van der Waals surface area contributed by atoms with E-state index in [1.807, 2.05) is 42.5 Å². The van der Waals surface area contributed by atoms with Crippen molar-refractivity contribution < 1.29 is 5.11 Å². The van der Waals surface area contributed by atoms with Gasteiger partial charge in [-0.3, -0.25) is 0 Å². The summed E-state index contributed by atoms with van der Waals surface area (Å²) < 4.78 is 0. The lowest BCUT2D eigenvalue weighted by atomic mass is 10.1. The van der Waals surface area contributed by atoms with Crippen molar-refractivity contribution in [2.24, 2.45) is 0 Å². The summed E-state index contributed by atoms with van der Waals surface area (Å²) in [4.78, 5) is 8.37. The minimum Gasteiger partial charge on any atom is -0.508 e. The zero-order chi connectivity index (χ0) is 16.8. The van der Waals surface area contributed by atoms with Crippen molar-refractivity contribution in [3.05, 3.63) is 72.8 Å². The molecule has 0 saturated heterocycles. The molecule has 0 unspecified atom stereocenters. The Labute approximate surface area is 143 Å². The number of fused-ring (bicyclic) bond motifs is 4. The maximum atomic E-state index is 9.52. The van der Waals surface area contributed by atoms with Gasteiger partial charge in [-0.05, 0) is 36.4 Å². The molecule has 0 aliphatic rings. The van der Waals surface area contributed by atoms with E-state index in [1.165, 1.54) is 0 Å². The lowest BCUT2D eigenvalue weighted by Gasteiger charge is -2.11. The number of para-hydroxylation sites is 2. The van der Waals surface area contributed by atoms with E-state index in [0.29, 0.717) is 0 Å². The van der Waals surface area contributed by atoms with Gasteiger partial charge in [-0.25, -0.2) is 4.98 Å². The van der Waals surface area contributed by atoms with Crippen LogP contribution in [0, 0.1) is 0 Å². The zero-order valence-corrected chi connectivity index (χ0v) is 13.3. The Kier molecular flexibility index (Phi) is 2.91. The molecule has 0 amide bonds. The number of hydrogen-bond donors (Lipinski definition) is 3. The monoisotopic (exact) mass is 325 g/mol. The fourth-order valence-electron chi connectivity index (χ4n) is 3.28. The van der Waals surface area contributed by atoms with Crippen LogP contribution in [0.5, 0.6) is 5.75 Å². The molecule has 3 aromatic carbocycles. The highest BCUT2D eigenvalue weighted by atomic mass is 16.3. The highest BCUT2D eigenvalue weighted by Crippen LogP contribution is 2.36. The smallest absolute Gasteiger partial charge is 0.115 e. The number of aromatic nitrogens is 2. The molecular formula is C21H15N3O. The van der Waals surface area contributed by atoms with Crippen molar-refractivity contribution in [2.75, 3.05) is 5.32 Å². The summed E-state index contributed by atoms with van der Waals surface area (Å²) in [6.07, 6.45) is 0. The van der Waals surface area contributed by atoms with E-state index < -0.39 is 0 Å². The number of pyridine rings is 1. The second kappa shape index (κ2) is 5.24. The third-order valence-electron chi connectivity index (χ3n) is 4.47. The van der Waals surface area contributed by atoms with Gasteiger partial charge in [-0.1, -0.05) is 36.4 Å². The number of hydrogen-bond acceptors (Lipinski definition) is 3. The van der Waals surface area contributed by atoms with Crippen LogP contribution in [0.3, 0.4) is 0 Å². The van der Waals surface area contributed by atoms with Gasteiger partial charge in [0.2, 0.25) is 0 Å². The van der Waals surface area contributed by atoms with Crippen molar-refractivity contribution in [3.63, 3.8) is 0 Å². The Morgan fingerprint density at radius 1 is 0.800 bits per heavy atom. The molecule has 0 aliphatic heterocycles. The molecule has 0 saturated carbocycles. The fourth-order valence-corrected chi connectivity index (χ4v) is 3.28. The van der Waals surface area contributed by atoms with Gasteiger partial charge in [0, 0.05) is 22.0 Å². The van der Waals surface area contributed by atoms with Crippen molar-refractivity contribution in [1.29, 1.82) is 0 Å². The molecule has 25 heavy (non-hydrogen) atoms. The molecular weight excluding hydrogens is 310 g/mol. The molecule has 4 nitrogen and oxygen atoms in total. The lowest BCUT2D eigenvalue weighted by molar-refractivity contribution is 0.475. The highest BCUT2D eigenvalue weighted by Gasteiger charge is 2.14. The summed E-state index contributed by atoms with van der Waals surface area (Å²) in [7, 11) is 0. The molecule has 0 atom stereocenters. The van der Waals surface area contributed by atoms with Crippen LogP contribution in [-0.4, -0.2) is 15.1 Å². The first-order chi connectivity index (χ1) is 12.3. The zero-order valence-electron chi connectivity index (χ0n) is 13.3. The normalized spacial score (nSPS) is 11.4. The minimum absolute atomic E-state index is 0.251. The molecule has 5 aromatic rings. The summed E-state index contributed by atoms with van der Waals surface area (Å²) >= 11 is 0. The maximum absolute atomic E-state index is 9.52. The SMILES string of the molecule is Oc1ccc(Nc2c3ccccc3nc3c2[nH]c2ccccc23)cc1. The van der Waals surface area contributed by atoms with Crippen LogP contribution in [0.15, 0.2) is 72.8 Å². The van der Waals surface area contributed by atoms with Crippen LogP contribution in [-0.2, 0) is 0 Å². The Morgan fingerprint density at radius 2 is 1.52 bits per heavy atom. The number of rotatable bonds is 2. The molecule has 0 spiro atoms. The summed E-state index contributed by atoms with van der Waals surface area (Å²) in [6, 6.07) is 23.4. The molecule has 0 radical (unpaired) electrons. The Hall–Kier alpha value is -3.53. The van der Waals surface area contributed by atoms with Crippen molar-refractivity contribution >= 4 is 44.2 Å². The van der Waals surface area contributed by atoms with Crippen molar-refractivity contribution in [1.82, 2.24) is 9.97 Å². The van der Waals surface area contributed by atoms with Crippen LogP contribution < -0.4 is 5.32 Å². The number of aromatic hydroxyl groups is 1. The quantitative estimate of drug-likeness (QED) is 0.385. The van der Waals surface area contributed by atoms with Gasteiger partial charge in [0.15, 0.2) is 0 Å². The molecule has 0 bridgehead atoms. The number of H-pyrrole nitrogens is 1. The standard InChI is InChI=1S/C21H15N3O/c25-14-11-9-13(10-12-14)22-19-15-5-1-3-7-17(15)23-20-16-6-2-4-8-18(16)24-21(19)20/h1-12,24-25H,(H,22,23). The Bertz CT molecular complexity index is 1220. The van der Waals surface area contributed by atoms with Crippen LogP contribution in [0.25, 0.3) is 32.8 Å². The van der Waals surface area contributed by atoms with Crippen LogP contribution in [0.4, 0.5) is 11.4 Å². The lowest BCUT2D eigenvalue weighted by Crippen LogP contribution is -1.94. The highest BCUT2D eigenvalue weighted by molar-refractivity contribution is 6.16. The summed E-state index contributed by atoms with van der Waals surface area (Å²) in [6.45, 7) is 0. The Balaban J connectivity index is 1.84. The molecule has 0 aliphatic carbocycles. The largest absolute Gasteiger partial charge is 0.508 e. The van der Waals surface area contributed by atoms with E-state index in [2.05, 4.69) is 28.5 Å². The fraction of sp³-hybridized carbons (Fsp3) is 0. The number of benzene rings is 3. The van der Waals surface area contributed by atoms with Crippen LogP contribution in [0.1, 0.15) is 0 Å². The molecule has 5 rings (SSSR count). The van der Waals surface area contributed by atoms with Gasteiger partial charge in [0.05, 0.1) is 22.2 Å². The topological polar surface area (TPSA) is 60.9 Å². The van der Waals surface area contributed by atoms with E-state index in [4.69, 9.17) is 4.98 Å². The first kappa shape index (κ1) is 13.9. The average Bonchev–Trinajstić information content (AvgIpc) is 3.02. The van der Waals surface area contributed by atoms with E-state index >= 15 is 0 Å². The number of phenolic OH excluding ortho intramolecular Hbond substituents is 1. The van der Waals surface area contributed by atoms with Gasteiger partial charge < -0.3 is 15.4 Å². The number of phenols is 1. The van der Waals surface area contributed by atoms with E-state index in [9.17, 15) is 5.11 Å². The van der Waals surface area contributed by atoms with E-state index in [1.54, 1.807) is 12.1 Å². The average molecular weight is 325 g/mol. The predicted molar refractivity (Wildman–Crippen MR) is 102 cm³/mol. The van der Waals surface area contributed by atoms with Crippen LogP contribution in [0.2, 0.25) is 0 Å². The minimum atomic E-state index is 0.251. The molecule has 3 N–H and O–H groups in total. The molecule has 2 aromatic heterocycles. The summed E-state index contributed by atoms with van der Waals surface area (Å²) in [5.41, 5.74) is 5.84. The third kappa shape index (κ3) is 2.19. The number of nitrogens with one attached hydrogen (secondary N) is 2. The number of nitrogens with zero attached hydrogens (tertiary/aromatic N) is 1. The van der Waals surface area contributed by atoms with Gasteiger partial charge in [-0.15, -0.1) is 0 Å². The summed E-state index contributed by atoms with van der Waals surface area (Å²) in [5.74, 6) is 0.251. The number of anilines is 2. The van der Waals surface area contributed by atoms with Gasteiger partial charge in [-0.2, -0.15) is 0 Å². The van der Waals surface area contributed by atoms with Crippen molar-refractivity contribution in [3.8, 4) is 5.75 Å². The van der Waals surface area contributed by atoms with Gasteiger partial charge in [0.1, 0.15) is 5.75 Å². The van der Waals surface area contributed by atoms with Gasteiger partial charge in [0.25, 0.3) is 0 Å².